The van der Waals surface area contributed by atoms with Gasteiger partial charge in [0, 0.05) is 37.8 Å². The molecule has 0 saturated carbocycles. The molecule has 2 fully saturated rings. The average Bonchev–Trinajstić information content (AvgIpc) is 3.18. The van der Waals surface area contributed by atoms with Crippen molar-refractivity contribution >= 4 is 11.3 Å². The monoisotopic (exact) mass is 359 g/mol. The Balaban J connectivity index is 1.58. The molecule has 2 saturated heterocycles. The molecule has 2 aliphatic rings. The Kier molecular flexibility index (Phi) is 5.15. The summed E-state index contributed by atoms with van der Waals surface area (Å²) in [7, 11) is 0. The largest absolute Gasteiger partial charge is 0.383 e. The van der Waals surface area contributed by atoms with Gasteiger partial charge < -0.3 is 9.84 Å². The smallest absolute Gasteiger partial charge is 0.108 e. The van der Waals surface area contributed by atoms with Crippen LogP contribution in [0.3, 0.4) is 0 Å². The molecule has 4 rings (SSSR count). The molecule has 0 spiro atoms. The van der Waals surface area contributed by atoms with Crippen LogP contribution in [0.25, 0.3) is 0 Å². The zero-order chi connectivity index (χ0) is 17.1. The number of rotatable bonds is 4. The van der Waals surface area contributed by atoms with Gasteiger partial charge in [0.15, 0.2) is 0 Å². The van der Waals surface area contributed by atoms with Crippen molar-refractivity contribution in [2.45, 2.75) is 24.6 Å². The van der Waals surface area contributed by atoms with Crippen LogP contribution in [-0.4, -0.2) is 65.3 Å². The second-order valence-electron chi connectivity index (χ2n) is 6.87. The Hall–Kier alpha value is -1.31. The predicted octanol–water partition coefficient (Wildman–Crippen LogP) is 1.94. The van der Waals surface area contributed by atoms with E-state index in [1.54, 1.807) is 11.3 Å². The average molecular weight is 359 g/mol. The number of likely N-dealkylation sites (tertiary alicyclic amines) is 1. The number of ether oxygens (including phenoxy) is 1. The highest BCUT2D eigenvalue weighted by molar-refractivity contribution is 7.09. The zero-order valence-corrected chi connectivity index (χ0v) is 15.2. The van der Waals surface area contributed by atoms with Gasteiger partial charge in [-0.2, -0.15) is 0 Å². The maximum absolute atomic E-state index is 11.7. The number of hydrogen-bond acceptors (Lipinski definition) is 6. The van der Waals surface area contributed by atoms with E-state index in [4.69, 9.17) is 4.74 Å². The van der Waals surface area contributed by atoms with Gasteiger partial charge in [-0.25, -0.2) is 4.98 Å². The molecule has 5 nitrogen and oxygen atoms in total. The summed E-state index contributed by atoms with van der Waals surface area (Å²) in [5.74, 6) is 0. The number of morpholine rings is 1. The zero-order valence-electron chi connectivity index (χ0n) is 14.4. The van der Waals surface area contributed by atoms with Crippen LogP contribution in [0.1, 0.15) is 17.0 Å². The number of benzene rings is 1. The topological polar surface area (TPSA) is 48.8 Å². The molecule has 3 heterocycles. The molecule has 0 radical (unpaired) electrons. The van der Waals surface area contributed by atoms with E-state index >= 15 is 0 Å². The minimum absolute atomic E-state index is 0.0764. The van der Waals surface area contributed by atoms with Gasteiger partial charge in [-0.1, -0.05) is 30.3 Å². The first-order valence-electron chi connectivity index (χ1n) is 8.96. The summed E-state index contributed by atoms with van der Waals surface area (Å²) in [5.41, 5.74) is 0.221. The van der Waals surface area contributed by atoms with Gasteiger partial charge in [-0.15, -0.1) is 11.3 Å². The summed E-state index contributed by atoms with van der Waals surface area (Å²) >= 11 is 1.70. The van der Waals surface area contributed by atoms with E-state index in [0.29, 0.717) is 0 Å². The molecule has 1 N–H and O–H groups in total. The quantitative estimate of drug-likeness (QED) is 0.904. The Bertz CT molecular complexity index is 661. The highest BCUT2D eigenvalue weighted by Crippen LogP contribution is 2.36. The molecule has 2 atom stereocenters. The molecule has 1 aromatic carbocycles. The molecule has 0 bridgehead atoms. The highest BCUT2D eigenvalue weighted by Gasteiger charge is 2.46. The molecule has 0 amide bonds. The first kappa shape index (κ1) is 17.1. The van der Waals surface area contributed by atoms with Crippen LogP contribution in [0.5, 0.6) is 0 Å². The van der Waals surface area contributed by atoms with Crippen molar-refractivity contribution in [1.29, 1.82) is 0 Å². The van der Waals surface area contributed by atoms with Crippen LogP contribution in [0.4, 0.5) is 0 Å². The maximum Gasteiger partial charge on any atom is 0.108 e. The van der Waals surface area contributed by atoms with Crippen molar-refractivity contribution in [2.75, 3.05) is 39.4 Å². The molecular weight excluding hydrogens is 334 g/mol. The van der Waals surface area contributed by atoms with Crippen molar-refractivity contribution in [2.24, 2.45) is 0 Å². The van der Waals surface area contributed by atoms with Crippen molar-refractivity contribution in [3.05, 3.63) is 52.5 Å². The van der Waals surface area contributed by atoms with Crippen LogP contribution < -0.4 is 0 Å². The lowest BCUT2D eigenvalue weighted by Crippen LogP contribution is -2.62. The van der Waals surface area contributed by atoms with Crippen molar-refractivity contribution in [3.63, 3.8) is 0 Å². The molecule has 0 aliphatic carbocycles. The summed E-state index contributed by atoms with van der Waals surface area (Å²) in [6, 6.07) is 10.2. The Labute approximate surface area is 152 Å². The number of aliphatic hydroxyl groups is 1. The van der Waals surface area contributed by atoms with Gasteiger partial charge in [0.05, 0.1) is 25.8 Å². The molecule has 2 aromatic rings. The summed E-state index contributed by atoms with van der Waals surface area (Å²) in [4.78, 5) is 9.26. The normalized spacial score (nSPS) is 28.9. The van der Waals surface area contributed by atoms with E-state index in [1.807, 2.05) is 29.8 Å². The molecular formula is C19H25N3O2S. The van der Waals surface area contributed by atoms with Gasteiger partial charge in [0.2, 0.25) is 0 Å². The predicted molar refractivity (Wildman–Crippen MR) is 98.5 cm³/mol. The van der Waals surface area contributed by atoms with Gasteiger partial charge in [-0.05, 0) is 12.0 Å². The molecule has 1 aromatic heterocycles. The minimum atomic E-state index is -0.808. The number of thiazole rings is 1. The van der Waals surface area contributed by atoms with Gasteiger partial charge >= 0.3 is 0 Å². The van der Waals surface area contributed by atoms with E-state index in [-0.39, 0.29) is 6.04 Å². The fourth-order valence-electron chi connectivity index (χ4n) is 4.02. The van der Waals surface area contributed by atoms with Crippen LogP contribution in [-0.2, 0) is 16.9 Å². The molecule has 2 aliphatic heterocycles. The first-order valence-corrected chi connectivity index (χ1v) is 9.84. The van der Waals surface area contributed by atoms with E-state index in [1.165, 1.54) is 0 Å². The van der Waals surface area contributed by atoms with E-state index in [9.17, 15) is 5.11 Å². The fourth-order valence-corrected chi connectivity index (χ4v) is 4.68. The number of hydrogen-bond donors (Lipinski definition) is 1. The second kappa shape index (κ2) is 7.51. The molecule has 25 heavy (non-hydrogen) atoms. The Morgan fingerprint density at radius 2 is 2.00 bits per heavy atom. The summed E-state index contributed by atoms with van der Waals surface area (Å²) in [5, 5.41) is 14.8. The lowest BCUT2D eigenvalue weighted by molar-refractivity contribution is -0.119. The summed E-state index contributed by atoms with van der Waals surface area (Å²) in [6.45, 7) is 5.84. The molecule has 134 valence electrons. The molecule has 0 unspecified atom stereocenters. The number of nitrogens with zero attached hydrogens (tertiary/aromatic N) is 3. The lowest BCUT2D eigenvalue weighted by Gasteiger charge is -2.50. The van der Waals surface area contributed by atoms with Gasteiger partial charge in [-0.3, -0.25) is 9.80 Å². The van der Waals surface area contributed by atoms with Crippen molar-refractivity contribution in [3.8, 4) is 0 Å². The highest BCUT2D eigenvalue weighted by atomic mass is 32.1. The van der Waals surface area contributed by atoms with Crippen LogP contribution in [0, 0.1) is 0 Å². The van der Waals surface area contributed by atoms with E-state index in [0.717, 1.165) is 62.9 Å². The van der Waals surface area contributed by atoms with Crippen molar-refractivity contribution in [1.82, 2.24) is 14.8 Å². The number of piperidine rings is 1. The molecule has 6 heteroatoms. The van der Waals surface area contributed by atoms with Crippen LogP contribution in [0.15, 0.2) is 41.9 Å². The van der Waals surface area contributed by atoms with Crippen LogP contribution in [0.2, 0.25) is 0 Å². The third-order valence-corrected chi connectivity index (χ3v) is 6.16. The van der Waals surface area contributed by atoms with E-state index in [2.05, 4.69) is 26.9 Å². The first-order chi connectivity index (χ1) is 12.3. The third-order valence-electron chi connectivity index (χ3n) is 5.39. The van der Waals surface area contributed by atoms with Gasteiger partial charge in [0.25, 0.3) is 0 Å². The van der Waals surface area contributed by atoms with E-state index < -0.39 is 5.60 Å². The fraction of sp³-hybridized carbons (Fsp3) is 0.526. The minimum Gasteiger partial charge on any atom is -0.383 e. The standard InChI is InChI=1S/C19H25N3O2S/c23-19(16-4-2-1-3-5-16)6-8-21(15-18-20-7-13-25-18)14-17(19)22-9-11-24-12-10-22/h1-5,7,13,17,23H,6,8-12,14-15H2/t17-,19+/m1/s1. The second-order valence-corrected chi connectivity index (χ2v) is 7.84. The summed E-state index contributed by atoms with van der Waals surface area (Å²) in [6.07, 6.45) is 2.61. The Morgan fingerprint density at radius 3 is 2.72 bits per heavy atom. The van der Waals surface area contributed by atoms with Crippen molar-refractivity contribution < 1.29 is 9.84 Å². The van der Waals surface area contributed by atoms with Gasteiger partial charge in [0.1, 0.15) is 10.6 Å². The third kappa shape index (κ3) is 3.64. The number of aromatic nitrogens is 1. The maximum atomic E-state index is 11.7. The van der Waals surface area contributed by atoms with Crippen LogP contribution >= 0.6 is 11.3 Å². The SMILES string of the molecule is O[C@]1(c2ccccc2)CCN(Cc2nccs2)C[C@H]1N1CCOCC1. The Morgan fingerprint density at radius 1 is 1.20 bits per heavy atom. The lowest BCUT2D eigenvalue weighted by atomic mass is 9.79. The summed E-state index contributed by atoms with van der Waals surface area (Å²) < 4.78 is 5.53.